The Balaban J connectivity index is 1.91. The van der Waals surface area contributed by atoms with Crippen LogP contribution in [0, 0.1) is 5.82 Å². The van der Waals surface area contributed by atoms with Gasteiger partial charge in [0.05, 0.1) is 16.9 Å². The van der Waals surface area contributed by atoms with Gasteiger partial charge in [-0.1, -0.05) is 12.1 Å². The summed E-state index contributed by atoms with van der Waals surface area (Å²) in [7, 11) is 0. The van der Waals surface area contributed by atoms with E-state index in [0.29, 0.717) is 33.4 Å². The van der Waals surface area contributed by atoms with Gasteiger partial charge in [0.1, 0.15) is 17.2 Å². The van der Waals surface area contributed by atoms with Crippen LogP contribution in [0.15, 0.2) is 36.5 Å². The summed E-state index contributed by atoms with van der Waals surface area (Å²) in [6, 6.07) is 7.66. The van der Waals surface area contributed by atoms with Gasteiger partial charge >= 0.3 is 0 Å². The number of pyridine rings is 2. The standard InChI is InChI=1S/C18H16FN5O/c19-11-4-1-3-10(7-11)15-14(20)8-12-13(18(25)24-5-2-6-24)9-22-17(21)16(12)23-15/h1,3-4,7-9H,2,5-6,20H2,(H2,21,22). The molecule has 0 unspecified atom stereocenters. The van der Waals surface area contributed by atoms with E-state index in [1.807, 2.05) is 0 Å². The molecule has 0 aliphatic carbocycles. The van der Waals surface area contributed by atoms with Crippen LogP contribution in [0.4, 0.5) is 15.9 Å². The quantitative estimate of drug-likeness (QED) is 0.748. The summed E-state index contributed by atoms with van der Waals surface area (Å²) in [5, 5.41) is 0.557. The molecular formula is C18H16FN5O. The van der Waals surface area contributed by atoms with Crippen LogP contribution in [0.25, 0.3) is 22.2 Å². The highest BCUT2D eigenvalue weighted by Gasteiger charge is 2.25. The molecule has 0 spiro atoms. The predicted octanol–water partition coefficient (Wildman–Crippen LogP) is 2.45. The van der Waals surface area contributed by atoms with Crippen molar-refractivity contribution in [2.75, 3.05) is 24.6 Å². The van der Waals surface area contributed by atoms with Crippen molar-refractivity contribution in [1.29, 1.82) is 0 Å². The van der Waals surface area contributed by atoms with E-state index in [2.05, 4.69) is 9.97 Å². The van der Waals surface area contributed by atoms with Gasteiger partial charge in [0.15, 0.2) is 0 Å². The van der Waals surface area contributed by atoms with Crippen LogP contribution in [-0.2, 0) is 0 Å². The number of benzene rings is 1. The van der Waals surface area contributed by atoms with E-state index in [4.69, 9.17) is 11.5 Å². The van der Waals surface area contributed by atoms with Gasteiger partial charge < -0.3 is 16.4 Å². The molecule has 25 heavy (non-hydrogen) atoms. The number of aromatic nitrogens is 2. The van der Waals surface area contributed by atoms with E-state index in [1.165, 1.54) is 18.3 Å². The molecule has 4 N–H and O–H groups in total. The highest BCUT2D eigenvalue weighted by Crippen LogP contribution is 2.31. The summed E-state index contributed by atoms with van der Waals surface area (Å²) in [5.41, 5.74) is 14.2. The van der Waals surface area contributed by atoms with Crippen molar-refractivity contribution in [2.45, 2.75) is 6.42 Å². The summed E-state index contributed by atoms with van der Waals surface area (Å²) < 4.78 is 13.5. The number of amides is 1. The van der Waals surface area contributed by atoms with Crippen LogP contribution in [0.1, 0.15) is 16.8 Å². The minimum Gasteiger partial charge on any atom is -0.397 e. The van der Waals surface area contributed by atoms with Gasteiger partial charge in [0.25, 0.3) is 5.91 Å². The topological polar surface area (TPSA) is 98.1 Å². The van der Waals surface area contributed by atoms with Gasteiger partial charge in [-0.05, 0) is 24.6 Å². The Hall–Kier alpha value is -3.22. The number of anilines is 2. The first-order chi connectivity index (χ1) is 12.0. The maximum absolute atomic E-state index is 13.5. The summed E-state index contributed by atoms with van der Waals surface area (Å²) in [6.45, 7) is 1.46. The van der Waals surface area contributed by atoms with Crippen LogP contribution in [0.5, 0.6) is 0 Å². The molecule has 1 saturated heterocycles. The van der Waals surface area contributed by atoms with Crippen molar-refractivity contribution in [1.82, 2.24) is 14.9 Å². The molecule has 1 aliphatic rings. The van der Waals surface area contributed by atoms with Gasteiger partial charge in [0.2, 0.25) is 0 Å². The summed E-state index contributed by atoms with van der Waals surface area (Å²) in [6.07, 6.45) is 2.46. The zero-order valence-electron chi connectivity index (χ0n) is 13.4. The Kier molecular flexibility index (Phi) is 3.49. The smallest absolute Gasteiger partial charge is 0.256 e. The molecule has 6 nitrogen and oxygen atoms in total. The highest BCUT2D eigenvalue weighted by atomic mass is 19.1. The van der Waals surface area contributed by atoms with Gasteiger partial charge in [-0.2, -0.15) is 0 Å². The van der Waals surface area contributed by atoms with E-state index in [0.717, 1.165) is 19.5 Å². The van der Waals surface area contributed by atoms with E-state index in [-0.39, 0.29) is 17.5 Å². The number of hydrogen-bond donors (Lipinski definition) is 2. The van der Waals surface area contributed by atoms with E-state index in [1.54, 1.807) is 23.1 Å². The number of carbonyl (C=O) groups is 1. The number of hydrogen-bond acceptors (Lipinski definition) is 5. The Morgan fingerprint density at radius 1 is 1.20 bits per heavy atom. The Bertz CT molecular complexity index is 1000. The number of carbonyl (C=O) groups excluding carboxylic acids is 1. The van der Waals surface area contributed by atoms with E-state index >= 15 is 0 Å². The third kappa shape index (κ3) is 2.53. The van der Waals surface area contributed by atoms with Crippen molar-refractivity contribution >= 4 is 28.3 Å². The predicted molar refractivity (Wildman–Crippen MR) is 94.3 cm³/mol. The van der Waals surface area contributed by atoms with Crippen molar-refractivity contribution in [2.24, 2.45) is 0 Å². The monoisotopic (exact) mass is 337 g/mol. The lowest BCUT2D eigenvalue weighted by Crippen LogP contribution is -2.42. The summed E-state index contributed by atoms with van der Waals surface area (Å²) >= 11 is 0. The molecule has 0 bridgehead atoms. The van der Waals surface area contributed by atoms with Gasteiger partial charge in [-0.25, -0.2) is 14.4 Å². The van der Waals surface area contributed by atoms with Crippen LogP contribution < -0.4 is 11.5 Å². The minimum absolute atomic E-state index is 0.108. The van der Waals surface area contributed by atoms with Gasteiger partial charge in [0, 0.05) is 30.2 Å². The number of fused-ring (bicyclic) bond motifs is 1. The number of likely N-dealkylation sites (tertiary alicyclic amines) is 1. The number of nitrogen functional groups attached to an aromatic ring is 2. The molecule has 0 saturated carbocycles. The zero-order chi connectivity index (χ0) is 17.6. The molecule has 7 heteroatoms. The lowest BCUT2D eigenvalue weighted by atomic mass is 10.0. The number of halogens is 1. The van der Waals surface area contributed by atoms with Gasteiger partial charge in [-0.15, -0.1) is 0 Å². The molecule has 3 aromatic rings. The molecule has 3 heterocycles. The second kappa shape index (κ2) is 5.70. The fraction of sp³-hybridized carbons (Fsp3) is 0.167. The third-order valence-electron chi connectivity index (χ3n) is 4.39. The SMILES string of the molecule is Nc1cc2c(C(=O)N3CCC3)cnc(N)c2nc1-c1cccc(F)c1. The number of nitrogens with two attached hydrogens (primary N) is 2. The Morgan fingerprint density at radius 2 is 2.00 bits per heavy atom. The van der Waals surface area contributed by atoms with E-state index in [9.17, 15) is 9.18 Å². The molecular weight excluding hydrogens is 321 g/mol. The maximum Gasteiger partial charge on any atom is 0.256 e. The molecule has 1 fully saturated rings. The normalized spacial score (nSPS) is 13.7. The average molecular weight is 337 g/mol. The van der Waals surface area contributed by atoms with Crippen LogP contribution in [0.3, 0.4) is 0 Å². The average Bonchev–Trinajstić information content (AvgIpc) is 2.53. The fourth-order valence-electron chi connectivity index (χ4n) is 2.92. The largest absolute Gasteiger partial charge is 0.397 e. The molecule has 126 valence electrons. The first-order valence-electron chi connectivity index (χ1n) is 7.94. The molecule has 4 rings (SSSR count). The minimum atomic E-state index is -0.383. The summed E-state index contributed by atoms with van der Waals surface area (Å²) in [5.74, 6) is -0.289. The second-order valence-electron chi connectivity index (χ2n) is 6.04. The lowest BCUT2D eigenvalue weighted by molar-refractivity contribution is 0.0653. The van der Waals surface area contributed by atoms with Crippen molar-refractivity contribution < 1.29 is 9.18 Å². The maximum atomic E-state index is 13.5. The number of nitrogens with zero attached hydrogens (tertiary/aromatic N) is 3. The highest BCUT2D eigenvalue weighted by molar-refractivity contribution is 6.09. The van der Waals surface area contributed by atoms with E-state index < -0.39 is 0 Å². The molecule has 1 aromatic carbocycles. The zero-order valence-corrected chi connectivity index (χ0v) is 13.4. The lowest BCUT2D eigenvalue weighted by Gasteiger charge is -2.31. The molecule has 0 atom stereocenters. The molecule has 2 aromatic heterocycles. The van der Waals surface area contributed by atoms with Crippen LogP contribution in [-0.4, -0.2) is 33.9 Å². The van der Waals surface area contributed by atoms with Crippen molar-refractivity contribution in [3.63, 3.8) is 0 Å². The summed E-state index contributed by atoms with van der Waals surface area (Å²) in [4.78, 5) is 22.9. The molecule has 1 aliphatic heterocycles. The molecule has 1 amide bonds. The second-order valence-corrected chi connectivity index (χ2v) is 6.04. The van der Waals surface area contributed by atoms with Crippen molar-refractivity contribution in [3.8, 4) is 11.3 Å². The first-order valence-corrected chi connectivity index (χ1v) is 7.94. The fourth-order valence-corrected chi connectivity index (χ4v) is 2.92. The van der Waals surface area contributed by atoms with Crippen molar-refractivity contribution in [3.05, 3.63) is 47.9 Å². The Labute approximate surface area is 143 Å². The van der Waals surface area contributed by atoms with Crippen LogP contribution in [0.2, 0.25) is 0 Å². The molecule has 0 radical (unpaired) electrons. The number of rotatable bonds is 2. The first kappa shape index (κ1) is 15.3. The third-order valence-corrected chi connectivity index (χ3v) is 4.39. The Morgan fingerprint density at radius 3 is 2.68 bits per heavy atom. The van der Waals surface area contributed by atoms with Crippen LogP contribution >= 0.6 is 0 Å². The van der Waals surface area contributed by atoms with Gasteiger partial charge in [-0.3, -0.25) is 4.79 Å².